The van der Waals surface area contributed by atoms with E-state index < -0.39 is 15.9 Å². The second-order valence-corrected chi connectivity index (χ2v) is 8.92. The highest BCUT2D eigenvalue weighted by Gasteiger charge is 2.32. The SMILES string of the molecule is O=C(CCN1C(=O)C(=Cc2ccco2)SC1=S)NNS(=O)(=O)c1ccccc1. The largest absolute Gasteiger partial charge is 0.465 e. The standard InChI is InChI=1S/C17H15N3O5S3/c21-15(18-19-28(23,24)13-6-2-1-3-7-13)8-9-20-16(22)14(27-17(20)26)11-12-5-4-10-25-12/h1-7,10-11,19H,8-9H2,(H,18,21). The number of nitrogens with zero attached hydrogens (tertiary/aromatic N) is 1. The summed E-state index contributed by atoms with van der Waals surface area (Å²) in [6, 6.07) is 11.0. The summed E-state index contributed by atoms with van der Waals surface area (Å²) in [5.74, 6) is -0.402. The molecule has 2 aromatic rings. The lowest BCUT2D eigenvalue weighted by Crippen LogP contribution is -2.43. The van der Waals surface area contributed by atoms with Crippen LogP contribution in [0.25, 0.3) is 6.08 Å². The van der Waals surface area contributed by atoms with Crippen molar-refractivity contribution in [3.63, 3.8) is 0 Å². The number of benzene rings is 1. The minimum absolute atomic E-state index is 0.0234. The fraction of sp³-hybridized carbons (Fsp3) is 0.118. The van der Waals surface area contributed by atoms with Gasteiger partial charge in [0.1, 0.15) is 10.1 Å². The van der Waals surface area contributed by atoms with E-state index in [1.165, 1.54) is 23.3 Å². The Kier molecular flexibility index (Phi) is 6.29. The van der Waals surface area contributed by atoms with Gasteiger partial charge in [0.2, 0.25) is 5.91 Å². The molecule has 0 bridgehead atoms. The first kappa shape index (κ1) is 20.3. The zero-order chi connectivity index (χ0) is 20.1. The molecule has 0 aliphatic carbocycles. The molecule has 0 unspecified atom stereocenters. The first-order valence-electron chi connectivity index (χ1n) is 8.01. The predicted octanol–water partition coefficient (Wildman–Crippen LogP) is 1.88. The number of rotatable bonds is 7. The average Bonchev–Trinajstić information content (AvgIpc) is 3.28. The molecule has 2 heterocycles. The van der Waals surface area contributed by atoms with Crippen molar-refractivity contribution < 1.29 is 22.4 Å². The van der Waals surface area contributed by atoms with Crippen LogP contribution >= 0.6 is 24.0 Å². The molecule has 1 aliphatic heterocycles. The van der Waals surface area contributed by atoms with Crippen LogP contribution in [0.4, 0.5) is 0 Å². The number of amides is 2. The van der Waals surface area contributed by atoms with Gasteiger partial charge >= 0.3 is 0 Å². The highest BCUT2D eigenvalue weighted by atomic mass is 32.2. The van der Waals surface area contributed by atoms with Crippen LogP contribution in [0.5, 0.6) is 0 Å². The number of carbonyl (C=O) groups excluding carboxylic acids is 2. The van der Waals surface area contributed by atoms with Crippen molar-refractivity contribution in [2.75, 3.05) is 6.54 Å². The molecule has 1 aromatic heterocycles. The van der Waals surface area contributed by atoms with E-state index in [1.54, 1.807) is 36.4 Å². The fourth-order valence-electron chi connectivity index (χ4n) is 2.25. The number of thiocarbonyl (C=S) groups is 1. The minimum atomic E-state index is -3.86. The van der Waals surface area contributed by atoms with Gasteiger partial charge in [-0.05, 0) is 24.3 Å². The average molecular weight is 438 g/mol. The van der Waals surface area contributed by atoms with Crippen LogP contribution < -0.4 is 10.3 Å². The first-order valence-corrected chi connectivity index (χ1v) is 10.7. The lowest BCUT2D eigenvalue weighted by Gasteiger charge is -2.14. The van der Waals surface area contributed by atoms with Crippen molar-refractivity contribution in [3.05, 3.63) is 59.4 Å². The van der Waals surface area contributed by atoms with Crippen LogP contribution in [0.2, 0.25) is 0 Å². The Morgan fingerprint density at radius 2 is 1.96 bits per heavy atom. The molecule has 146 valence electrons. The molecule has 28 heavy (non-hydrogen) atoms. The molecule has 0 atom stereocenters. The molecule has 8 nitrogen and oxygen atoms in total. The summed E-state index contributed by atoms with van der Waals surface area (Å²) in [4.78, 5) is 28.1. The number of carbonyl (C=O) groups is 2. The summed E-state index contributed by atoms with van der Waals surface area (Å²) in [5.41, 5.74) is 2.13. The normalized spacial score (nSPS) is 16.0. The number of thioether (sulfide) groups is 1. The van der Waals surface area contributed by atoms with Gasteiger partial charge in [0.15, 0.2) is 0 Å². The van der Waals surface area contributed by atoms with Gasteiger partial charge in [0.25, 0.3) is 15.9 Å². The van der Waals surface area contributed by atoms with Crippen LogP contribution in [-0.4, -0.2) is 36.0 Å². The van der Waals surface area contributed by atoms with E-state index in [-0.39, 0.29) is 23.8 Å². The predicted molar refractivity (Wildman–Crippen MR) is 108 cm³/mol. The van der Waals surface area contributed by atoms with Gasteiger partial charge in [0.05, 0.1) is 16.1 Å². The van der Waals surface area contributed by atoms with Gasteiger partial charge in [-0.25, -0.2) is 8.42 Å². The maximum atomic E-state index is 12.4. The number of nitrogens with one attached hydrogen (secondary N) is 2. The van der Waals surface area contributed by atoms with E-state index in [0.717, 1.165) is 11.8 Å². The Balaban J connectivity index is 1.53. The third kappa shape index (κ3) is 4.87. The Morgan fingerprint density at radius 3 is 2.64 bits per heavy atom. The molecule has 0 spiro atoms. The molecule has 1 fully saturated rings. The van der Waals surface area contributed by atoms with E-state index in [0.29, 0.717) is 15.0 Å². The zero-order valence-electron chi connectivity index (χ0n) is 14.3. The summed E-state index contributed by atoms with van der Waals surface area (Å²) in [6.45, 7) is 0.0268. The quantitative estimate of drug-likeness (QED) is 0.387. The van der Waals surface area contributed by atoms with Gasteiger partial charge in [-0.2, -0.15) is 0 Å². The lowest BCUT2D eigenvalue weighted by molar-refractivity contribution is -0.124. The Labute approximate surface area is 171 Å². The first-order chi connectivity index (χ1) is 13.4. The molecule has 0 saturated carbocycles. The van der Waals surface area contributed by atoms with Gasteiger partial charge < -0.3 is 4.42 Å². The molecular formula is C17H15N3O5S3. The highest BCUT2D eigenvalue weighted by Crippen LogP contribution is 2.32. The summed E-state index contributed by atoms with van der Waals surface area (Å²) in [5, 5.41) is 0. The number of hydrogen-bond acceptors (Lipinski definition) is 7. The van der Waals surface area contributed by atoms with E-state index in [4.69, 9.17) is 16.6 Å². The van der Waals surface area contributed by atoms with Crippen molar-refractivity contribution in [1.29, 1.82) is 0 Å². The Hall–Kier alpha value is -2.47. The van der Waals surface area contributed by atoms with E-state index in [2.05, 4.69) is 5.43 Å². The summed E-state index contributed by atoms with van der Waals surface area (Å²) >= 11 is 6.30. The van der Waals surface area contributed by atoms with Gasteiger partial charge in [0, 0.05) is 19.0 Å². The van der Waals surface area contributed by atoms with Crippen LogP contribution in [0, 0.1) is 0 Å². The van der Waals surface area contributed by atoms with E-state index >= 15 is 0 Å². The second kappa shape index (κ2) is 8.69. The molecule has 0 radical (unpaired) electrons. The van der Waals surface area contributed by atoms with E-state index in [9.17, 15) is 18.0 Å². The smallest absolute Gasteiger partial charge is 0.266 e. The van der Waals surface area contributed by atoms with E-state index in [1.807, 2.05) is 4.83 Å². The van der Waals surface area contributed by atoms with Crippen LogP contribution in [0.3, 0.4) is 0 Å². The number of sulfonamides is 1. The second-order valence-electron chi connectivity index (χ2n) is 5.57. The number of furan rings is 1. The lowest BCUT2D eigenvalue weighted by atomic mass is 10.3. The zero-order valence-corrected chi connectivity index (χ0v) is 16.8. The summed E-state index contributed by atoms with van der Waals surface area (Å²) in [6.07, 6.45) is 2.94. The van der Waals surface area contributed by atoms with Crippen molar-refractivity contribution in [3.8, 4) is 0 Å². The topological polar surface area (TPSA) is 109 Å². The number of hydrazine groups is 1. The minimum Gasteiger partial charge on any atom is -0.465 e. The van der Waals surface area contributed by atoms with Gasteiger partial charge in [-0.15, -0.1) is 4.83 Å². The molecule has 1 saturated heterocycles. The Bertz CT molecular complexity index is 1020. The van der Waals surface area contributed by atoms with Crippen molar-refractivity contribution >= 4 is 56.2 Å². The maximum absolute atomic E-state index is 12.4. The summed E-state index contributed by atoms with van der Waals surface area (Å²) < 4.78 is 29.6. The molecule has 3 rings (SSSR count). The molecule has 1 aromatic carbocycles. The Morgan fingerprint density at radius 1 is 1.21 bits per heavy atom. The highest BCUT2D eigenvalue weighted by molar-refractivity contribution is 8.26. The third-order valence-electron chi connectivity index (χ3n) is 3.63. The fourth-order valence-corrected chi connectivity index (χ4v) is 4.42. The molecular weight excluding hydrogens is 422 g/mol. The number of hydrogen-bond donors (Lipinski definition) is 2. The maximum Gasteiger partial charge on any atom is 0.266 e. The monoisotopic (exact) mass is 437 g/mol. The third-order valence-corrected chi connectivity index (χ3v) is 6.27. The van der Waals surface area contributed by atoms with Gasteiger partial charge in [-0.3, -0.25) is 19.9 Å². The van der Waals surface area contributed by atoms with Crippen LogP contribution in [0.1, 0.15) is 12.2 Å². The van der Waals surface area contributed by atoms with Crippen molar-refractivity contribution in [2.45, 2.75) is 11.3 Å². The van der Waals surface area contributed by atoms with Gasteiger partial charge in [-0.1, -0.05) is 42.2 Å². The van der Waals surface area contributed by atoms with Crippen molar-refractivity contribution in [2.24, 2.45) is 0 Å². The molecule has 2 N–H and O–H groups in total. The van der Waals surface area contributed by atoms with Crippen LogP contribution in [-0.2, 0) is 19.6 Å². The molecule has 2 amide bonds. The summed E-state index contributed by atoms with van der Waals surface area (Å²) in [7, 11) is -3.86. The molecule has 11 heteroatoms. The molecule has 1 aliphatic rings. The van der Waals surface area contributed by atoms with Crippen LogP contribution in [0.15, 0.2) is 62.9 Å². The van der Waals surface area contributed by atoms with Crippen molar-refractivity contribution in [1.82, 2.24) is 15.2 Å².